The van der Waals surface area contributed by atoms with Crippen molar-refractivity contribution in [2.24, 2.45) is 0 Å². The number of amides is 3. The molecule has 2 N–H and O–H groups in total. The lowest BCUT2D eigenvalue weighted by atomic mass is 10.1. The molecule has 12 heteroatoms. The minimum absolute atomic E-state index is 0. The molecule has 0 saturated heterocycles. The first-order valence-electron chi connectivity index (χ1n) is 13.4. The Morgan fingerprint density at radius 3 is 2.51 bits per heavy atom. The zero-order valence-corrected chi connectivity index (χ0v) is 25.7. The predicted molar refractivity (Wildman–Crippen MR) is 161 cm³/mol. The third-order valence-electron chi connectivity index (χ3n) is 6.16. The summed E-state index contributed by atoms with van der Waals surface area (Å²) in [6.45, 7) is 2.48. The second kappa shape index (κ2) is 16.4. The summed E-state index contributed by atoms with van der Waals surface area (Å²) in [5.41, 5.74) is 1.28. The molecule has 0 bridgehead atoms. The summed E-state index contributed by atoms with van der Waals surface area (Å²) in [4.78, 5) is 39.2. The van der Waals surface area contributed by atoms with Gasteiger partial charge in [-0.15, -0.1) is 0 Å². The van der Waals surface area contributed by atoms with E-state index in [-0.39, 0.29) is 50.3 Å². The van der Waals surface area contributed by atoms with Crippen molar-refractivity contribution in [2.75, 3.05) is 36.5 Å². The van der Waals surface area contributed by atoms with Crippen LogP contribution in [0.1, 0.15) is 23.7 Å². The second-order valence-electron chi connectivity index (χ2n) is 9.27. The number of rotatable bonds is 11. The van der Waals surface area contributed by atoms with E-state index in [1.54, 1.807) is 24.4 Å². The van der Waals surface area contributed by atoms with Gasteiger partial charge in [0.1, 0.15) is 31.1 Å². The summed E-state index contributed by atoms with van der Waals surface area (Å²) >= 11 is 3.41. The highest BCUT2D eigenvalue weighted by atomic mass is 79.9. The van der Waals surface area contributed by atoms with Gasteiger partial charge in [0.05, 0.1) is 28.9 Å². The quantitative estimate of drug-likeness (QED) is 0.188. The van der Waals surface area contributed by atoms with E-state index < -0.39 is 18.0 Å². The Morgan fingerprint density at radius 2 is 1.72 bits per heavy atom. The molecule has 4 aromatic rings. The Hall–Kier alpha value is -4.22. The van der Waals surface area contributed by atoms with Gasteiger partial charge in [-0.25, -0.2) is 18.5 Å². The first-order valence-corrected chi connectivity index (χ1v) is 14.2. The number of aromatic nitrogens is 1. The Labute approximate surface area is 263 Å². The molecular weight excluding hydrogens is 643 g/mol. The summed E-state index contributed by atoms with van der Waals surface area (Å²) in [6.07, 6.45) is 3.07. The number of fused-ring (bicyclic) bond motifs is 1. The molecule has 0 radical (unpaired) electrons. The van der Waals surface area contributed by atoms with Crippen molar-refractivity contribution in [3.63, 3.8) is 0 Å². The molecule has 0 fully saturated rings. The lowest BCUT2D eigenvalue weighted by Crippen LogP contribution is -3.00. The molecule has 9 nitrogen and oxygen atoms in total. The zero-order valence-electron chi connectivity index (χ0n) is 23.4. The fourth-order valence-corrected chi connectivity index (χ4v) is 4.78. The molecule has 0 aliphatic heterocycles. The topological polar surface area (TPSA) is 101 Å². The molecule has 0 atom stereocenters. The minimum atomic E-state index is -0.781. The van der Waals surface area contributed by atoms with E-state index in [2.05, 4.69) is 26.6 Å². The number of aryl methyl sites for hydroxylation is 1. The Balaban J connectivity index is 0.00000506. The molecule has 0 spiro atoms. The van der Waals surface area contributed by atoms with Crippen molar-refractivity contribution in [3.8, 4) is 0 Å². The highest BCUT2D eigenvalue weighted by Gasteiger charge is 2.19. The van der Waals surface area contributed by atoms with Crippen LogP contribution < -0.4 is 32.5 Å². The number of nitrogens with one attached hydrogen (secondary N) is 2. The highest BCUT2D eigenvalue weighted by molar-refractivity contribution is 9.10. The molecular formula is C31H31BrClFN4O5. The van der Waals surface area contributed by atoms with Crippen LogP contribution in [0.4, 0.5) is 25.4 Å². The van der Waals surface area contributed by atoms with Crippen LogP contribution in [-0.4, -0.2) is 44.4 Å². The Morgan fingerprint density at radius 1 is 0.953 bits per heavy atom. The summed E-state index contributed by atoms with van der Waals surface area (Å²) < 4.78 is 27.3. The van der Waals surface area contributed by atoms with Gasteiger partial charge in [-0.05, 0) is 51.6 Å². The van der Waals surface area contributed by atoms with Crippen molar-refractivity contribution < 1.29 is 45.2 Å². The Kier molecular flexibility index (Phi) is 12.7. The van der Waals surface area contributed by atoms with Crippen LogP contribution in [0.15, 0.2) is 89.7 Å². The molecule has 3 aromatic carbocycles. The molecule has 0 aliphatic rings. The smallest absolute Gasteiger partial charge is 0.414 e. The van der Waals surface area contributed by atoms with E-state index in [0.29, 0.717) is 11.3 Å². The largest absolute Gasteiger partial charge is 1.00 e. The number of carbonyl (C=O) groups excluding carboxylic acids is 3. The number of anilines is 2. The maximum atomic E-state index is 13.9. The van der Waals surface area contributed by atoms with Crippen LogP contribution >= 0.6 is 15.9 Å². The van der Waals surface area contributed by atoms with E-state index in [0.717, 1.165) is 33.1 Å². The zero-order chi connectivity index (χ0) is 29.9. The first kappa shape index (κ1) is 33.3. The monoisotopic (exact) mass is 672 g/mol. The number of pyridine rings is 1. The second-order valence-corrected chi connectivity index (χ2v) is 10.2. The molecule has 1 heterocycles. The molecule has 0 aliphatic carbocycles. The molecule has 226 valence electrons. The number of nitrogens with zero attached hydrogens (tertiary/aromatic N) is 2. The fourth-order valence-electron chi connectivity index (χ4n) is 4.27. The summed E-state index contributed by atoms with van der Waals surface area (Å²) in [5.74, 6) is -0.855. The van der Waals surface area contributed by atoms with Gasteiger partial charge in [-0.2, -0.15) is 0 Å². The molecule has 43 heavy (non-hydrogen) atoms. The highest BCUT2D eigenvalue weighted by Crippen LogP contribution is 2.23. The normalized spacial score (nSPS) is 10.4. The summed E-state index contributed by atoms with van der Waals surface area (Å²) in [7, 11) is 0. The Bertz CT molecular complexity index is 1570. The molecule has 3 amide bonds. The SMILES string of the molecule is CCC[n+]1cc(Br)cc(C(=O)NCCOC(=O)N(CCOC(=O)Nc2cccc3ccccc23)c2cccc(F)c2)c1.[Cl-]. The van der Waals surface area contributed by atoms with Crippen molar-refractivity contribution in [1.82, 2.24) is 5.32 Å². The number of benzene rings is 3. The van der Waals surface area contributed by atoms with Crippen LogP contribution in [0.5, 0.6) is 0 Å². The van der Waals surface area contributed by atoms with E-state index >= 15 is 0 Å². The van der Waals surface area contributed by atoms with Crippen molar-refractivity contribution in [2.45, 2.75) is 19.9 Å². The van der Waals surface area contributed by atoms with Gasteiger partial charge < -0.3 is 27.2 Å². The van der Waals surface area contributed by atoms with Gasteiger partial charge in [-0.3, -0.25) is 15.0 Å². The number of ether oxygens (including phenoxy) is 2. The number of hydrogen-bond acceptors (Lipinski definition) is 5. The molecule has 1 aromatic heterocycles. The fraction of sp³-hybridized carbons (Fsp3) is 0.226. The van der Waals surface area contributed by atoms with Gasteiger partial charge >= 0.3 is 12.2 Å². The van der Waals surface area contributed by atoms with Gasteiger partial charge in [0.2, 0.25) is 0 Å². The molecule has 0 unspecified atom stereocenters. The number of halogens is 3. The van der Waals surface area contributed by atoms with Gasteiger partial charge in [0.25, 0.3) is 5.91 Å². The summed E-state index contributed by atoms with van der Waals surface area (Å²) in [5, 5.41) is 7.26. The summed E-state index contributed by atoms with van der Waals surface area (Å²) in [6, 6.07) is 20.3. The molecule has 0 saturated carbocycles. The third-order valence-corrected chi connectivity index (χ3v) is 6.59. The van der Waals surface area contributed by atoms with Crippen LogP contribution in [0.2, 0.25) is 0 Å². The van der Waals surface area contributed by atoms with Crippen molar-refractivity contribution in [3.05, 3.63) is 101 Å². The number of carbonyl (C=O) groups is 3. The lowest BCUT2D eigenvalue weighted by Gasteiger charge is -2.22. The minimum Gasteiger partial charge on any atom is -1.00 e. The van der Waals surface area contributed by atoms with Crippen molar-refractivity contribution >= 4 is 56.2 Å². The van der Waals surface area contributed by atoms with Gasteiger partial charge in [0.15, 0.2) is 12.4 Å². The predicted octanol–water partition coefficient (Wildman–Crippen LogP) is 3.06. The molecule has 4 rings (SSSR count). The average molecular weight is 674 g/mol. The van der Waals surface area contributed by atoms with E-state index in [1.807, 2.05) is 54.1 Å². The van der Waals surface area contributed by atoms with Gasteiger partial charge in [0, 0.05) is 11.8 Å². The maximum absolute atomic E-state index is 13.9. The van der Waals surface area contributed by atoms with Crippen LogP contribution in [-0.2, 0) is 16.0 Å². The third kappa shape index (κ3) is 9.65. The van der Waals surface area contributed by atoms with Gasteiger partial charge in [-0.1, -0.05) is 49.4 Å². The maximum Gasteiger partial charge on any atom is 0.414 e. The first-order chi connectivity index (χ1) is 20.3. The van der Waals surface area contributed by atoms with E-state index in [4.69, 9.17) is 9.47 Å². The standard InChI is InChI=1S/C31H30BrFN4O5.ClH/c1-2-14-36-20-23(18-24(32)21-36)29(38)34-13-16-42-31(40)37(26-10-6-9-25(33)19-26)15-17-41-30(39)35-28-12-5-8-22-7-3-4-11-27(22)28;/h3-12,18-21H,2,13-17H2,1H3,(H-,34,35,38,39);1H. The van der Waals surface area contributed by atoms with Crippen molar-refractivity contribution in [1.29, 1.82) is 0 Å². The van der Waals surface area contributed by atoms with E-state index in [1.165, 1.54) is 18.2 Å². The average Bonchev–Trinajstić information content (AvgIpc) is 2.97. The van der Waals surface area contributed by atoms with Crippen LogP contribution in [0.3, 0.4) is 0 Å². The lowest BCUT2D eigenvalue weighted by molar-refractivity contribution is -0.697. The van der Waals surface area contributed by atoms with Crippen LogP contribution in [0, 0.1) is 5.82 Å². The van der Waals surface area contributed by atoms with Crippen LogP contribution in [0.25, 0.3) is 10.8 Å². The number of hydrogen-bond donors (Lipinski definition) is 2. The van der Waals surface area contributed by atoms with E-state index in [9.17, 15) is 18.8 Å².